The van der Waals surface area contributed by atoms with E-state index in [2.05, 4.69) is 10.6 Å². The fourth-order valence-electron chi connectivity index (χ4n) is 4.07. The van der Waals surface area contributed by atoms with E-state index < -0.39 is 6.04 Å². The average molecular weight is 422 g/mol. The lowest BCUT2D eigenvalue weighted by Gasteiger charge is -2.36. The van der Waals surface area contributed by atoms with Crippen LogP contribution in [0, 0.1) is 0 Å². The van der Waals surface area contributed by atoms with Crippen LogP contribution in [0.3, 0.4) is 0 Å². The maximum atomic E-state index is 13.1. The van der Waals surface area contributed by atoms with E-state index in [4.69, 9.17) is 0 Å². The largest absolute Gasteiger partial charge is 0.336 e. The molecule has 31 heavy (non-hydrogen) atoms. The van der Waals surface area contributed by atoms with Crippen LogP contribution in [0.1, 0.15) is 18.4 Å². The lowest BCUT2D eigenvalue weighted by Crippen LogP contribution is -2.54. The number of piperidine rings is 1. The molecule has 2 aromatic rings. The monoisotopic (exact) mass is 421 g/mol. The van der Waals surface area contributed by atoms with Gasteiger partial charge in [0.2, 0.25) is 5.91 Å². The van der Waals surface area contributed by atoms with Crippen molar-refractivity contribution in [3.63, 3.8) is 0 Å². The van der Waals surface area contributed by atoms with Crippen molar-refractivity contribution in [3.05, 3.63) is 60.2 Å². The molecule has 0 aliphatic carbocycles. The highest BCUT2D eigenvalue weighted by molar-refractivity contribution is 6.01. The molecule has 5 amide bonds. The first-order valence-corrected chi connectivity index (χ1v) is 10.6. The van der Waals surface area contributed by atoms with Gasteiger partial charge in [0.1, 0.15) is 6.04 Å². The van der Waals surface area contributed by atoms with Gasteiger partial charge in [-0.3, -0.25) is 4.79 Å². The molecule has 2 saturated heterocycles. The summed E-state index contributed by atoms with van der Waals surface area (Å²) >= 11 is 0. The fourth-order valence-corrected chi connectivity index (χ4v) is 4.07. The molecule has 8 nitrogen and oxygen atoms in total. The van der Waals surface area contributed by atoms with Gasteiger partial charge in [0.15, 0.2) is 0 Å². The van der Waals surface area contributed by atoms with Crippen LogP contribution >= 0.6 is 0 Å². The van der Waals surface area contributed by atoms with E-state index in [-0.39, 0.29) is 18.0 Å². The number of nitrogens with one attached hydrogen (secondary N) is 2. The van der Waals surface area contributed by atoms with Gasteiger partial charge in [0, 0.05) is 44.6 Å². The quantitative estimate of drug-likeness (QED) is 0.779. The van der Waals surface area contributed by atoms with Gasteiger partial charge in [0.25, 0.3) is 0 Å². The number of amides is 5. The van der Waals surface area contributed by atoms with E-state index >= 15 is 0 Å². The first-order valence-electron chi connectivity index (χ1n) is 10.6. The summed E-state index contributed by atoms with van der Waals surface area (Å²) in [6.45, 7) is 2.32. The van der Waals surface area contributed by atoms with E-state index in [0.717, 1.165) is 17.7 Å². The highest BCUT2D eigenvalue weighted by Crippen LogP contribution is 2.24. The highest BCUT2D eigenvalue weighted by Gasteiger charge is 2.34. The molecule has 0 bridgehead atoms. The van der Waals surface area contributed by atoms with Crippen molar-refractivity contribution in [1.29, 1.82) is 0 Å². The van der Waals surface area contributed by atoms with Crippen molar-refractivity contribution in [2.24, 2.45) is 0 Å². The van der Waals surface area contributed by atoms with Crippen molar-refractivity contribution in [2.45, 2.75) is 25.4 Å². The molecular weight excluding hydrogens is 394 g/mol. The molecule has 0 saturated carbocycles. The molecule has 1 unspecified atom stereocenters. The smallest absolute Gasteiger partial charge is 0.322 e. The second-order valence-corrected chi connectivity index (χ2v) is 7.84. The van der Waals surface area contributed by atoms with Gasteiger partial charge >= 0.3 is 12.1 Å². The van der Waals surface area contributed by atoms with Crippen molar-refractivity contribution < 1.29 is 14.4 Å². The number of benzene rings is 2. The number of hydrogen-bond acceptors (Lipinski definition) is 3. The minimum atomic E-state index is -0.523. The molecule has 2 heterocycles. The average Bonchev–Trinajstić information content (AvgIpc) is 3.19. The predicted octanol–water partition coefficient (Wildman–Crippen LogP) is 2.87. The summed E-state index contributed by atoms with van der Waals surface area (Å²) in [7, 11) is 1.66. The number of rotatable bonds is 5. The third kappa shape index (κ3) is 4.47. The summed E-state index contributed by atoms with van der Waals surface area (Å²) in [5.74, 6) is -0.0721. The van der Waals surface area contributed by atoms with Gasteiger partial charge in [-0.25, -0.2) is 9.59 Å². The SMILES string of the molecule is CN(C(=O)Nc1ccccc1CN1CCNC1=O)C1CCCN(c2ccccc2)C1=O. The molecule has 0 radical (unpaired) electrons. The van der Waals surface area contributed by atoms with E-state index in [0.29, 0.717) is 38.3 Å². The molecule has 2 aromatic carbocycles. The lowest BCUT2D eigenvalue weighted by molar-refractivity contribution is -0.123. The molecule has 8 heteroatoms. The summed E-state index contributed by atoms with van der Waals surface area (Å²) in [6.07, 6.45) is 1.45. The van der Waals surface area contributed by atoms with Gasteiger partial charge < -0.3 is 25.3 Å². The third-order valence-corrected chi connectivity index (χ3v) is 5.83. The Bertz CT molecular complexity index is 965. The Hall–Kier alpha value is -3.55. The van der Waals surface area contributed by atoms with E-state index in [9.17, 15) is 14.4 Å². The zero-order valence-electron chi connectivity index (χ0n) is 17.6. The van der Waals surface area contributed by atoms with Crippen LogP contribution in [0.25, 0.3) is 0 Å². The van der Waals surface area contributed by atoms with E-state index in [1.165, 1.54) is 4.90 Å². The Morgan fingerprint density at radius 2 is 1.84 bits per heavy atom. The van der Waals surface area contributed by atoms with Crippen LogP contribution in [-0.4, -0.2) is 60.5 Å². The molecular formula is C23H27N5O3. The van der Waals surface area contributed by atoms with Crippen molar-refractivity contribution in [2.75, 3.05) is 36.9 Å². The Morgan fingerprint density at radius 3 is 2.58 bits per heavy atom. The first kappa shape index (κ1) is 20.7. The van der Waals surface area contributed by atoms with Gasteiger partial charge in [-0.1, -0.05) is 36.4 Å². The third-order valence-electron chi connectivity index (χ3n) is 5.83. The zero-order chi connectivity index (χ0) is 21.8. The Kier molecular flexibility index (Phi) is 6.06. The zero-order valence-corrected chi connectivity index (χ0v) is 17.6. The number of nitrogens with zero attached hydrogens (tertiary/aromatic N) is 3. The molecule has 162 valence electrons. The first-order chi connectivity index (χ1) is 15.0. The molecule has 0 aromatic heterocycles. The van der Waals surface area contributed by atoms with Crippen molar-refractivity contribution in [3.8, 4) is 0 Å². The second kappa shape index (κ2) is 9.07. The van der Waals surface area contributed by atoms with Gasteiger partial charge in [-0.2, -0.15) is 0 Å². The molecule has 1 atom stereocenters. The number of hydrogen-bond donors (Lipinski definition) is 2. The minimum absolute atomic E-state index is 0.0721. The summed E-state index contributed by atoms with van der Waals surface area (Å²) < 4.78 is 0. The maximum absolute atomic E-state index is 13.1. The summed E-state index contributed by atoms with van der Waals surface area (Å²) in [6, 6.07) is 16.0. The van der Waals surface area contributed by atoms with Gasteiger partial charge in [-0.05, 0) is 36.6 Å². The molecule has 2 N–H and O–H groups in total. The maximum Gasteiger partial charge on any atom is 0.322 e. The van der Waals surface area contributed by atoms with Crippen molar-refractivity contribution in [1.82, 2.24) is 15.1 Å². The number of anilines is 2. The van der Waals surface area contributed by atoms with Crippen LogP contribution in [0.5, 0.6) is 0 Å². The number of likely N-dealkylation sites (N-methyl/N-ethyl adjacent to an activating group) is 1. The summed E-state index contributed by atoms with van der Waals surface area (Å²) in [5.41, 5.74) is 2.34. The molecule has 2 fully saturated rings. The van der Waals surface area contributed by atoms with E-state index in [1.807, 2.05) is 54.6 Å². The standard InChI is InChI=1S/C23H27N5O3/c1-26(20-12-7-14-28(21(20)29)18-9-3-2-4-10-18)23(31)25-19-11-6-5-8-17(19)16-27-15-13-24-22(27)30/h2-6,8-11,20H,7,12-16H2,1H3,(H,24,30)(H,25,31). The minimum Gasteiger partial charge on any atom is -0.336 e. The lowest BCUT2D eigenvalue weighted by atomic mass is 10.0. The number of urea groups is 2. The van der Waals surface area contributed by atoms with Crippen LogP contribution in [0.15, 0.2) is 54.6 Å². The molecule has 2 aliphatic heterocycles. The second-order valence-electron chi connectivity index (χ2n) is 7.84. The predicted molar refractivity (Wildman–Crippen MR) is 119 cm³/mol. The van der Waals surface area contributed by atoms with Crippen LogP contribution < -0.4 is 15.5 Å². The molecule has 4 rings (SSSR count). The van der Waals surface area contributed by atoms with Gasteiger partial charge in [-0.15, -0.1) is 0 Å². The molecule has 0 spiro atoms. The van der Waals surface area contributed by atoms with Crippen LogP contribution in [0.4, 0.5) is 21.0 Å². The number of carbonyl (C=O) groups is 3. The number of para-hydroxylation sites is 2. The summed E-state index contributed by atoms with van der Waals surface area (Å²) in [4.78, 5) is 42.9. The van der Waals surface area contributed by atoms with Crippen LogP contribution in [-0.2, 0) is 11.3 Å². The Balaban J connectivity index is 1.45. The fraction of sp³-hybridized carbons (Fsp3) is 0.348. The highest BCUT2D eigenvalue weighted by atomic mass is 16.2. The topological polar surface area (TPSA) is 85.0 Å². The Morgan fingerprint density at radius 1 is 1.10 bits per heavy atom. The Labute approximate surface area is 181 Å². The van der Waals surface area contributed by atoms with Crippen molar-refractivity contribution >= 4 is 29.3 Å². The van der Waals surface area contributed by atoms with E-state index in [1.54, 1.807) is 16.8 Å². The van der Waals surface area contributed by atoms with Gasteiger partial charge in [0.05, 0.1) is 0 Å². The van der Waals surface area contributed by atoms with Crippen LogP contribution in [0.2, 0.25) is 0 Å². The normalized spacial score (nSPS) is 18.7. The number of carbonyl (C=O) groups excluding carboxylic acids is 3. The molecule has 2 aliphatic rings. The summed E-state index contributed by atoms with van der Waals surface area (Å²) in [5, 5.41) is 5.71.